The second kappa shape index (κ2) is 13.2. The van der Waals surface area contributed by atoms with Crippen molar-refractivity contribution in [1.82, 2.24) is 20.5 Å². The van der Waals surface area contributed by atoms with Crippen LogP contribution in [-0.4, -0.2) is 75.7 Å². The van der Waals surface area contributed by atoms with Crippen LogP contribution in [-0.2, 0) is 19.1 Å². The van der Waals surface area contributed by atoms with Crippen molar-refractivity contribution in [2.75, 3.05) is 13.2 Å². The lowest BCUT2D eigenvalue weighted by Crippen LogP contribution is -2.64. The fraction of sp³-hybridized carbons (Fsp3) is 0.424. The van der Waals surface area contributed by atoms with Gasteiger partial charge in [0.25, 0.3) is 0 Å². The van der Waals surface area contributed by atoms with Crippen LogP contribution < -0.4 is 15.4 Å². The maximum absolute atomic E-state index is 14.0. The summed E-state index contributed by atoms with van der Waals surface area (Å²) in [5.41, 5.74) is -0.907. The van der Waals surface area contributed by atoms with E-state index in [-0.39, 0.29) is 19.6 Å². The summed E-state index contributed by atoms with van der Waals surface area (Å²) in [5, 5.41) is 16.9. The number of allylic oxidation sites excluding steroid dienone is 1. The molecule has 11 nitrogen and oxygen atoms in total. The predicted molar refractivity (Wildman–Crippen MR) is 162 cm³/mol. The molecule has 1 aliphatic carbocycles. The van der Waals surface area contributed by atoms with E-state index < -0.39 is 53.5 Å². The molecule has 2 aromatic rings. The molecule has 2 aliphatic heterocycles. The number of amides is 3. The number of carboxylic acids is 1. The van der Waals surface area contributed by atoms with E-state index in [2.05, 4.69) is 34.0 Å². The number of hydrogen-bond donors (Lipinski definition) is 3. The van der Waals surface area contributed by atoms with Gasteiger partial charge in [-0.1, -0.05) is 62.0 Å². The Morgan fingerprint density at radius 1 is 1.32 bits per heavy atom. The lowest BCUT2D eigenvalue weighted by atomic mass is 9.77. The highest BCUT2D eigenvalue weighted by atomic mass is 16.5. The van der Waals surface area contributed by atoms with Crippen molar-refractivity contribution in [2.24, 2.45) is 5.92 Å². The van der Waals surface area contributed by atoms with Gasteiger partial charge in [-0.05, 0) is 42.3 Å². The lowest BCUT2D eigenvalue weighted by Gasteiger charge is -2.36. The molecule has 1 aromatic carbocycles. The van der Waals surface area contributed by atoms with Crippen LogP contribution in [0.2, 0.25) is 0 Å². The largest absolute Gasteiger partial charge is 0.479 e. The maximum atomic E-state index is 14.0. The number of unbranched alkanes of at least 4 members (excludes halogenated alkanes) is 1. The fourth-order valence-electron chi connectivity index (χ4n) is 5.69. The van der Waals surface area contributed by atoms with Gasteiger partial charge >= 0.3 is 12.1 Å². The van der Waals surface area contributed by atoms with Gasteiger partial charge in [-0.15, -0.1) is 6.58 Å². The van der Waals surface area contributed by atoms with Gasteiger partial charge in [0, 0.05) is 18.0 Å². The van der Waals surface area contributed by atoms with Crippen molar-refractivity contribution in [3.05, 3.63) is 54.8 Å². The third-order valence-corrected chi connectivity index (χ3v) is 8.16. The van der Waals surface area contributed by atoms with Gasteiger partial charge in [0.15, 0.2) is 0 Å². The molecule has 230 valence electrons. The fourth-order valence-corrected chi connectivity index (χ4v) is 5.69. The number of ether oxygens (including phenoxy) is 2. The minimum atomic E-state index is -1.84. The van der Waals surface area contributed by atoms with Gasteiger partial charge < -0.3 is 30.1 Å². The summed E-state index contributed by atoms with van der Waals surface area (Å²) >= 11 is 0. The summed E-state index contributed by atoms with van der Waals surface area (Å²) in [4.78, 5) is 58.5. The van der Waals surface area contributed by atoms with Gasteiger partial charge in [-0.3, -0.25) is 9.59 Å². The van der Waals surface area contributed by atoms with E-state index in [1.165, 1.54) is 11.0 Å². The van der Waals surface area contributed by atoms with Crippen LogP contribution in [0.25, 0.3) is 16.8 Å². The third-order valence-electron chi connectivity index (χ3n) is 8.16. The first-order valence-corrected chi connectivity index (χ1v) is 14.9. The number of carbonyl (C=O) groups is 4. The first-order chi connectivity index (χ1) is 21.3. The summed E-state index contributed by atoms with van der Waals surface area (Å²) < 4.78 is 11.7. The Morgan fingerprint density at radius 2 is 2.16 bits per heavy atom. The van der Waals surface area contributed by atoms with Gasteiger partial charge in [-0.25, -0.2) is 14.6 Å². The highest BCUT2D eigenvalue weighted by Crippen LogP contribution is 2.31. The summed E-state index contributed by atoms with van der Waals surface area (Å²) in [6, 6.07) is 5.75. The number of aliphatic carboxylic acids is 1. The SMILES string of the molecule is C=C[C@@H]1C#C[C@]1(NC(=O)[C@@H]1C[C@@H]2CN1C(=O)[C@H](CCCC)NC(=O)OCCC/C=C/c1ccc3ccnc(c3c1)O2)C(=O)O. The quantitative estimate of drug-likeness (QED) is 0.324. The molecule has 3 heterocycles. The zero-order valence-corrected chi connectivity index (χ0v) is 24.6. The van der Waals surface area contributed by atoms with Gasteiger partial charge in [-0.2, -0.15) is 0 Å². The Morgan fingerprint density at radius 3 is 2.89 bits per heavy atom. The van der Waals surface area contributed by atoms with Crippen molar-refractivity contribution in [1.29, 1.82) is 0 Å². The molecule has 5 atom stereocenters. The summed E-state index contributed by atoms with van der Waals surface area (Å²) in [7, 11) is 0. The lowest BCUT2D eigenvalue weighted by molar-refractivity contribution is -0.148. The molecule has 1 saturated heterocycles. The monoisotopic (exact) mass is 600 g/mol. The molecule has 3 N–H and O–H groups in total. The van der Waals surface area contributed by atoms with Crippen molar-refractivity contribution in [3.8, 4) is 17.7 Å². The van der Waals surface area contributed by atoms with Gasteiger partial charge in [0.1, 0.15) is 18.2 Å². The predicted octanol–water partition coefficient (Wildman–Crippen LogP) is 3.43. The summed E-state index contributed by atoms with van der Waals surface area (Å²) in [6.07, 6.45) is 8.73. The van der Waals surface area contributed by atoms with E-state index in [1.54, 1.807) is 6.20 Å². The average Bonchev–Trinajstić information content (AvgIpc) is 3.42. The average molecular weight is 601 g/mol. The highest BCUT2D eigenvalue weighted by Gasteiger charge is 2.52. The van der Waals surface area contributed by atoms with Crippen LogP contribution in [0.4, 0.5) is 4.79 Å². The maximum Gasteiger partial charge on any atom is 0.407 e. The van der Waals surface area contributed by atoms with Crippen molar-refractivity contribution in [2.45, 2.75) is 69.2 Å². The zero-order chi connectivity index (χ0) is 31.3. The molecule has 44 heavy (non-hydrogen) atoms. The molecule has 4 bridgehead atoms. The van der Waals surface area contributed by atoms with Crippen LogP contribution in [0.3, 0.4) is 0 Å². The second-order valence-corrected chi connectivity index (χ2v) is 11.2. The summed E-state index contributed by atoms with van der Waals surface area (Å²) in [6.45, 7) is 5.80. The molecule has 3 amide bonds. The second-order valence-electron chi connectivity index (χ2n) is 11.2. The van der Waals surface area contributed by atoms with E-state index in [1.807, 2.05) is 43.3 Å². The van der Waals surface area contributed by atoms with Crippen LogP contribution in [0.5, 0.6) is 5.88 Å². The molecule has 1 aromatic heterocycles. The van der Waals surface area contributed by atoms with Gasteiger partial charge in [0.05, 0.1) is 19.1 Å². The number of fused-ring (bicyclic) bond motifs is 3. The first-order valence-electron chi connectivity index (χ1n) is 14.9. The number of aromatic nitrogens is 1. The van der Waals surface area contributed by atoms with Crippen molar-refractivity contribution in [3.63, 3.8) is 0 Å². The molecule has 0 radical (unpaired) electrons. The smallest absolute Gasteiger partial charge is 0.407 e. The number of nitrogens with one attached hydrogen (secondary N) is 2. The van der Waals surface area contributed by atoms with Crippen LogP contribution in [0.1, 0.15) is 51.0 Å². The number of pyridine rings is 1. The normalized spacial score (nSPS) is 27.3. The Kier molecular flexibility index (Phi) is 9.18. The number of carbonyl (C=O) groups excluding carboxylic acids is 3. The van der Waals surface area contributed by atoms with Crippen molar-refractivity contribution >= 4 is 40.7 Å². The third kappa shape index (κ3) is 6.25. The molecule has 3 aliphatic rings. The Labute approximate surface area is 255 Å². The molecular formula is C33H36N4O7. The minimum absolute atomic E-state index is 0.0184. The Hall–Kier alpha value is -4.85. The van der Waals surface area contributed by atoms with Crippen LogP contribution >= 0.6 is 0 Å². The Balaban J connectivity index is 1.50. The van der Waals surface area contributed by atoms with E-state index in [0.717, 1.165) is 22.8 Å². The molecule has 0 saturated carbocycles. The van der Waals surface area contributed by atoms with Gasteiger partial charge in [0.2, 0.25) is 23.2 Å². The number of benzene rings is 1. The molecular weight excluding hydrogens is 564 g/mol. The number of rotatable bonds is 7. The molecule has 11 heteroatoms. The summed E-state index contributed by atoms with van der Waals surface area (Å²) in [5.74, 6) is 2.36. The van der Waals surface area contributed by atoms with Crippen molar-refractivity contribution < 1.29 is 33.8 Å². The molecule has 0 unspecified atom stereocenters. The molecule has 5 rings (SSSR count). The number of alkyl carbamates (subject to hydrolysis) is 1. The highest BCUT2D eigenvalue weighted by molar-refractivity contribution is 5.97. The number of hydrogen-bond acceptors (Lipinski definition) is 7. The van der Waals surface area contributed by atoms with Crippen LogP contribution in [0.15, 0.2) is 49.2 Å². The number of carboxylic acid groups (broad SMARTS) is 1. The van der Waals surface area contributed by atoms with E-state index in [4.69, 9.17) is 9.47 Å². The molecule has 1 fully saturated rings. The van der Waals surface area contributed by atoms with E-state index in [9.17, 15) is 24.3 Å². The van der Waals surface area contributed by atoms with Crippen LogP contribution in [0, 0.1) is 17.8 Å². The first kappa shape index (κ1) is 30.6. The zero-order valence-electron chi connectivity index (χ0n) is 24.6. The standard InChI is InChI=1S/C33H36N4O7/c1-3-5-10-26-30(39)37-20-24(19-27(37)28(38)36-33(31(40)41)15-13-23(33)4-2)44-29-25-18-21(11-12-22(25)14-16-34-29)9-7-6-8-17-43-32(42)35-26/h4,7,9,11-12,14,16,18,23-24,26-27H,2-3,5-6,8,10,17,19-20H2,1H3,(H,35,42)(H,36,38)(H,40,41)/b9-7+/t23-,24-,26+,27+,33-/m1/s1. The minimum Gasteiger partial charge on any atom is -0.479 e. The topological polar surface area (TPSA) is 147 Å². The number of cyclic esters (lactones) is 1. The molecule has 0 spiro atoms. The Bertz CT molecular complexity index is 1560. The van der Waals surface area contributed by atoms with E-state index in [0.29, 0.717) is 31.6 Å². The number of nitrogens with zero attached hydrogens (tertiary/aromatic N) is 2. The van der Waals surface area contributed by atoms with E-state index >= 15 is 0 Å².